The van der Waals surface area contributed by atoms with Crippen LogP contribution in [0.2, 0.25) is 5.02 Å². The molecule has 1 N–H and O–H groups in total. The molecule has 178 valence electrons. The van der Waals surface area contributed by atoms with Crippen LogP contribution in [0.15, 0.2) is 42.7 Å². The number of nitrogens with one attached hydrogen (secondary N) is 1. The fourth-order valence-corrected chi connectivity index (χ4v) is 4.43. The summed E-state index contributed by atoms with van der Waals surface area (Å²) in [5.41, 5.74) is 2.42. The fraction of sp³-hybridized carbons (Fsp3) is 0.333. The molecule has 34 heavy (non-hydrogen) atoms. The van der Waals surface area contributed by atoms with Crippen LogP contribution < -0.4 is 15.0 Å². The minimum Gasteiger partial charge on any atom is -0.495 e. The second-order valence-electron chi connectivity index (χ2n) is 8.27. The Balaban J connectivity index is 1.45. The summed E-state index contributed by atoms with van der Waals surface area (Å²) in [6, 6.07) is 8.28. The Bertz CT molecular complexity index is 1240. The van der Waals surface area contributed by atoms with Crippen molar-refractivity contribution in [1.82, 2.24) is 9.88 Å². The van der Waals surface area contributed by atoms with E-state index in [9.17, 15) is 14.9 Å². The summed E-state index contributed by atoms with van der Waals surface area (Å²) in [4.78, 5) is 32.4. The molecule has 4 rings (SSSR count). The van der Waals surface area contributed by atoms with Crippen LogP contribution in [0.1, 0.15) is 12.5 Å². The summed E-state index contributed by atoms with van der Waals surface area (Å²) in [6.07, 6.45) is 3.18. The molecule has 1 aromatic heterocycles. The number of methoxy groups -OCH3 is 1. The Hall–Kier alpha value is -3.43. The number of rotatable bonds is 6. The predicted octanol–water partition coefficient (Wildman–Crippen LogP) is 4.26. The van der Waals surface area contributed by atoms with E-state index in [2.05, 4.69) is 20.1 Å². The van der Waals surface area contributed by atoms with E-state index in [1.54, 1.807) is 24.4 Å². The molecule has 1 aliphatic heterocycles. The molecular formula is C24H26ClN5O4. The Morgan fingerprint density at radius 3 is 2.62 bits per heavy atom. The van der Waals surface area contributed by atoms with E-state index < -0.39 is 0 Å². The highest BCUT2D eigenvalue weighted by molar-refractivity contribution is 6.31. The van der Waals surface area contributed by atoms with Gasteiger partial charge in [0.1, 0.15) is 5.75 Å². The number of ether oxygens (including phenoxy) is 1. The standard InChI is InChI=1S/C24H26ClN5O4/c1-15-12-20(23(34-3)13-19(15)25)27-24(31)16(2)28-8-10-29(11-9-28)21-4-5-22(30(32)33)18-14-26-7-6-17(18)21/h4-7,12-14,16H,8-11H2,1-3H3,(H,27,31)/t16-/m0/s1. The van der Waals surface area contributed by atoms with Crippen molar-refractivity contribution in [2.45, 2.75) is 19.9 Å². The van der Waals surface area contributed by atoms with Crippen molar-refractivity contribution in [3.05, 3.63) is 63.4 Å². The average Bonchev–Trinajstić information content (AvgIpc) is 2.84. The number of halogens is 1. The second-order valence-corrected chi connectivity index (χ2v) is 8.68. The molecule has 2 heterocycles. The number of pyridine rings is 1. The van der Waals surface area contributed by atoms with E-state index in [0.717, 1.165) is 16.6 Å². The maximum absolute atomic E-state index is 13.0. The van der Waals surface area contributed by atoms with E-state index in [-0.39, 0.29) is 22.6 Å². The van der Waals surface area contributed by atoms with Gasteiger partial charge in [0.2, 0.25) is 5.91 Å². The number of nitro benzene ring substituents is 1. The van der Waals surface area contributed by atoms with Crippen LogP contribution >= 0.6 is 11.6 Å². The molecule has 1 amide bonds. The largest absolute Gasteiger partial charge is 0.495 e. The van der Waals surface area contributed by atoms with Crippen molar-refractivity contribution in [1.29, 1.82) is 0 Å². The molecule has 9 nitrogen and oxygen atoms in total. The number of nitrogens with zero attached hydrogens (tertiary/aromatic N) is 4. The van der Waals surface area contributed by atoms with E-state index >= 15 is 0 Å². The topological polar surface area (TPSA) is 101 Å². The zero-order valence-corrected chi connectivity index (χ0v) is 20.0. The highest BCUT2D eigenvalue weighted by Gasteiger charge is 2.27. The number of carbonyl (C=O) groups excluding carboxylic acids is 1. The lowest BCUT2D eigenvalue weighted by Gasteiger charge is -2.39. The van der Waals surface area contributed by atoms with Crippen molar-refractivity contribution < 1.29 is 14.5 Å². The quantitative estimate of drug-likeness (QED) is 0.413. The zero-order valence-electron chi connectivity index (χ0n) is 19.2. The van der Waals surface area contributed by atoms with Gasteiger partial charge in [-0.25, -0.2) is 0 Å². The number of hydrogen-bond donors (Lipinski definition) is 1. The van der Waals surface area contributed by atoms with Crippen molar-refractivity contribution >= 4 is 45.3 Å². The van der Waals surface area contributed by atoms with Gasteiger partial charge in [-0.1, -0.05) is 11.6 Å². The Kier molecular flexibility index (Phi) is 6.85. The molecule has 1 aliphatic rings. The zero-order chi connectivity index (χ0) is 24.4. The second kappa shape index (κ2) is 9.82. The SMILES string of the molecule is COc1cc(Cl)c(C)cc1NC(=O)[C@H](C)N1CCN(c2ccc([N+](=O)[O-])c3cnccc23)CC1. The van der Waals surface area contributed by atoms with Gasteiger partial charge in [0.25, 0.3) is 5.69 Å². The first kappa shape index (κ1) is 23.7. The summed E-state index contributed by atoms with van der Waals surface area (Å²) in [5.74, 6) is 0.390. The van der Waals surface area contributed by atoms with Gasteiger partial charge < -0.3 is 15.0 Å². The highest BCUT2D eigenvalue weighted by Crippen LogP contribution is 2.34. The maximum Gasteiger partial charge on any atom is 0.278 e. The van der Waals surface area contributed by atoms with Gasteiger partial charge in [-0.2, -0.15) is 0 Å². The van der Waals surface area contributed by atoms with Crippen molar-refractivity contribution in [2.75, 3.05) is 43.5 Å². The first-order valence-electron chi connectivity index (χ1n) is 10.9. The van der Waals surface area contributed by atoms with Gasteiger partial charge in [0.15, 0.2) is 0 Å². The van der Waals surface area contributed by atoms with Crippen LogP contribution in [0.5, 0.6) is 5.75 Å². The van der Waals surface area contributed by atoms with Crippen LogP contribution in [0.4, 0.5) is 17.1 Å². The van der Waals surface area contributed by atoms with E-state index in [0.29, 0.717) is 48.0 Å². The molecule has 1 atom stereocenters. The molecule has 0 aliphatic carbocycles. The normalized spacial score (nSPS) is 15.2. The lowest BCUT2D eigenvalue weighted by Crippen LogP contribution is -2.52. The molecule has 2 aromatic carbocycles. The van der Waals surface area contributed by atoms with E-state index in [4.69, 9.17) is 16.3 Å². The maximum atomic E-state index is 13.0. The van der Waals surface area contributed by atoms with Gasteiger partial charge in [0.05, 0.1) is 29.1 Å². The third-order valence-electron chi connectivity index (χ3n) is 6.29. The molecule has 0 saturated carbocycles. The Morgan fingerprint density at radius 2 is 1.94 bits per heavy atom. The summed E-state index contributed by atoms with van der Waals surface area (Å²) in [7, 11) is 1.54. The molecule has 10 heteroatoms. The Morgan fingerprint density at radius 1 is 1.21 bits per heavy atom. The third-order valence-corrected chi connectivity index (χ3v) is 6.70. The first-order valence-corrected chi connectivity index (χ1v) is 11.3. The number of anilines is 2. The van der Waals surface area contributed by atoms with Crippen molar-refractivity contribution in [3.63, 3.8) is 0 Å². The molecule has 0 unspecified atom stereocenters. The molecule has 1 fully saturated rings. The fourth-order valence-electron chi connectivity index (χ4n) is 4.28. The number of hydrogen-bond acceptors (Lipinski definition) is 7. The number of carbonyl (C=O) groups is 1. The van der Waals surface area contributed by atoms with Gasteiger partial charge in [-0.15, -0.1) is 0 Å². The number of non-ortho nitro benzene ring substituents is 1. The first-order chi connectivity index (χ1) is 16.3. The molecule has 0 radical (unpaired) electrons. The molecule has 1 saturated heterocycles. The monoisotopic (exact) mass is 483 g/mol. The predicted molar refractivity (Wildman–Crippen MR) is 133 cm³/mol. The van der Waals surface area contributed by atoms with Crippen LogP contribution in [-0.4, -0.2) is 60.0 Å². The minimum atomic E-state index is -0.386. The number of aromatic nitrogens is 1. The molecular weight excluding hydrogens is 458 g/mol. The number of benzene rings is 2. The molecule has 3 aromatic rings. The lowest BCUT2D eigenvalue weighted by atomic mass is 10.1. The van der Waals surface area contributed by atoms with Crippen LogP contribution in [0.3, 0.4) is 0 Å². The van der Waals surface area contributed by atoms with E-state index in [1.165, 1.54) is 19.4 Å². The van der Waals surface area contributed by atoms with Crippen molar-refractivity contribution in [3.8, 4) is 5.75 Å². The number of piperazine rings is 1. The number of fused-ring (bicyclic) bond motifs is 1. The summed E-state index contributed by atoms with van der Waals surface area (Å²) in [6.45, 7) is 6.49. The van der Waals surface area contributed by atoms with Crippen LogP contribution in [-0.2, 0) is 4.79 Å². The molecule has 0 spiro atoms. The van der Waals surface area contributed by atoms with Crippen LogP contribution in [0.25, 0.3) is 10.8 Å². The smallest absolute Gasteiger partial charge is 0.278 e. The lowest BCUT2D eigenvalue weighted by molar-refractivity contribution is -0.383. The summed E-state index contributed by atoms with van der Waals surface area (Å²) < 4.78 is 5.36. The van der Waals surface area contributed by atoms with Gasteiger partial charge in [0, 0.05) is 66.8 Å². The number of aryl methyl sites for hydroxylation is 1. The van der Waals surface area contributed by atoms with E-state index in [1.807, 2.05) is 19.9 Å². The van der Waals surface area contributed by atoms with Gasteiger partial charge >= 0.3 is 0 Å². The highest BCUT2D eigenvalue weighted by atomic mass is 35.5. The molecule has 0 bridgehead atoms. The number of nitro groups is 1. The number of amides is 1. The van der Waals surface area contributed by atoms with Crippen LogP contribution in [0, 0.1) is 17.0 Å². The summed E-state index contributed by atoms with van der Waals surface area (Å²) >= 11 is 6.17. The Labute approximate surface area is 202 Å². The van der Waals surface area contributed by atoms with Gasteiger partial charge in [-0.3, -0.25) is 24.8 Å². The average molecular weight is 484 g/mol. The minimum absolute atomic E-state index is 0.0450. The third kappa shape index (κ3) is 4.62. The van der Waals surface area contributed by atoms with Crippen molar-refractivity contribution in [2.24, 2.45) is 0 Å². The van der Waals surface area contributed by atoms with Gasteiger partial charge in [-0.05, 0) is 37.6 Å². The summed E-state index contributed by atoms with van der Waals surface area (Å²) in [5, 5.41) is 16.3.